The van der Waals surface area contributed by atoms with Gasteiger partial charge in [-0.05, 0) is 31.0 Å². The Labute approximate surface area is 171 Å². The van der Waals surface area contributed by atoms with E-state index < -0.39 is 0 Å². The van der Waals surface area contributed by atoms with Gasteiger partial charge in [-0.25, -0.2) is 0 Å². The van der Waals surface area contributed by atoms with Crippen LogP contribution in [0.15, 0.2) is 24.4 Å². The minimum atomic E-state index is -0.239. The summed E-state index contributed by atoms with van der Waals surface area (Å²) in [5.41, 5.74) is 3.56. The number of nitrogens with one attached hydrogen (secondary N) is 2. The van der Waals surface area contributed by atoms with Gasteiger partial charge in [0.2, 0.25) is 11.8 Å². The zero-order chi connectivity index (χ0) is 20.2. The van der Waals surface area contributed by atoms with E-state index in [9.17, 15) is 9.59 Å². The van der Waals surface area contributed by atoms with Crippen molar-refractivity contribution in [2.45, 2.75) is 19.8 Å². The standard InChI is InChI=1S/C22H30N4O3/c1-16-2-3-20-19(12-16)17(14-24-20)4-6-26-15-18(13-21(26)27)22(28)23-5-7-25-8-10-29-11-9-25/h2-3,12,14,18,24H,4-11,13,15H2,1H3,(H,23,28)/t18-/m0/s1. The molecule has 4 rings (SSSR count). The Hall–Kier alpha value is -2.38. The molecular weight excluding hydrogens is 368 g/mol. The van der Waals surface area contributed by atoms with Gasteiger partial charge in [0.1, 0.15) is 0 Å². The van der Waals surface area contributed by atoms with Crippen LogP contribution >= 0.6 is 0 Å². The summed E-state index contributed by atoms with van der Waals surface area (Å²) in [5, 5.41) is 4.22. The number of amides is 2. The second kappa shape index (κ2) is 8.97. The van der Waals surface area contributed by atoms with Gasteiger partial charge in [-0.1, -0.05) is 11.6 Å². The lowest BCUT2D eigenvalue weighted by Gasteiger charge is -2.26. The molecule has 1 aromatic carbocycles. The van der Waals surface area contributed by atoms with Crippen molar-refractivity contribution < 1.29 is 14.3 Å². The molecule has 2 amide bonds. The number of rotatable bonds is 7. The highest BCUT2D eigenvalue weighted by Gasteiger charge is 2.33. The molecule has 156 valence electrons. The largest absolute Gasteiger partial charge is 0.379 e. The van der Waals surface area contributed by atoms with Gasteiger partial charge in [-0.15, -0.1) is 0 Å². The number of aromatic amines is 1. The maximum Gasteiger partial charge on any atom is 0.225 e. The molecule has 0 radical (unpaired) electrons. The summed E-state index contributed by atoms with van der Waals surface area (Å²) in [4.78, 5) is 32.3. The number of nitrogens with zero attached hydrogens (tertiary/aromatic N) is 2. The van der Waals surface area contributed by atoms with Crippen molar-refractivity contribution >= 4 is 22.7 Å². The van der Waals surface area contributed by atoms with E-state index in [1.807, 2.05) is 11.1 Å². The molecule has 2 fully saturated rings. The Bertz CT molecular complexity index is 872. The number of aromatic nitrogens is 1. The first-order chi connectivity index (χ1) is 14.1. The van der Waals surface area contributed by atoms with E-state index in [-0.39, 0.29) is 17.7 Å². The van der Waals surface area contributed by atoms with Crippen LogP contribution in [0.2, 0.25) is 0 Å². The molecule has 0 spiro atoms. The number of fused-ring (bicyclic) bond motifs is 1. The first kappa shape index (κ1) is 19.9. The Morgan fingerprint density at radius 1 is 1.28 bits per heavy atom. The summed E-state index contributed by atoms with van der Waals surface area (Å²) in [6, 6.07) is 6.36. The van der Waals surface area contributed by atoms with Crippen molar-refractivity contribution in [1.29, 1.82) is 0 Å². The Kier molecular flexibility index (Phi) is 6.16. The molecule has 0 bridgehead atoms. The van der Waals surface area contributed by atoms with Crippen LogP contribution in [0.5, 0.6) is 0 Å². The van der Waals surface area contributed by atoms with Crippen LogP contribution in [-0.2, 0) is 20.7 Å². The predicted molar refractivity (Wildman–Crippen MR) is 112 cm³/mol. The molecule has 1 atom stereocenters. The highest BCUT2D eigenvalue weighted by molar-refractivity contribution is 5.89. The van der Waals surface area contributed by atoms with Crippen LogP contribution in [0.25, 0.3) is 10.9 Å². The lowest BCUT2D eigenvalue weighted by molar-refractivity contribution is -0.129. The fourth-order valence-electron chi connectivity index (χ4n) is 4.22. The second-order valence-corrected chi connectivity index (χ2v) is 8.10. The molecule has 2 aliphatic rings. The molecule has 29 heavy (non-hydrogen) atoms. The smallest absolute Gasteiger partial charge is 0.225 e. The average molecular weight is 399 g/mol. The van der Waals surface area contributed by atoms with Gasteiger partial charge in [0.05, 0.1) is 19.1 Å². The van der Waals surface area contributed by atoms with Crippen LogP contribution in [0.3, 0.4) is 0 Å². The topological polar surface area (TPSA) is 77.7 Å². The number of benzene rings is 1. The SMILES string of the molecule is Cc1ccc2[nH]cc(CCN3C[C@@H](C(=O)NCCN4CCOCC4)CC3=O)c2c1. The molecule has 7 nitrogen and oxygen atoms in total. The minimum absolute atomic E-state index is 0.00294. The molecule has 2 N–H and O–H groups in total. The van der Waals surface area contributed by atoms with Crippen LogP contribution in [0.4, 0.5) is 0 Å². The number of H-pyrrole nitrogens is 1. The number of ether oxygens (including phenoxy) is 1. The minimum Gasteiger partial charge on any atom is -0.379 e. The van der Waals surface area contributed by atoms with E-state index in [0.717, 1.165) is 44.8 Å². The van der Waals surface area contributed by atoms with Crippen molar-refractivity contribution in [3.8, 4) is 0 Å². The summed E-state index contributed by atoms with van der Waals surface area (Å²) in [5.74, 6) is -0.163. The Morgan fingerprint density at radius 2 is 2.10 bits per heavy atom. The van der Waals surface area contributed by atoms with Crippen LogP contribution in [0, 0.1) is 12.8 Å². The van der Waals surface area contributed by atoms with Crippen molar-refractivity contribution in [1.82, 2.24) is 20.1 Å². The molecule has 0 aliphatic carbocycles. The third-order valence-corrected chi connectivity index (χ3v) is 5.99. The summed E-state index contributed by atoms with van der Waals surface area (Å²) in [6.45, 7) is 8.06. The highest BCUT2D eigenvalue weighted by Crippen LogP contribution is 2.22. The van der Waals surface area contributed by atoms with Crippen molar-refractivity contribution in [3.05, 3.63) is 35.5 Å². The molecule has 3 heterocycles. The lowest BCUT2D eigenvalue weighted by atomic mass is 10.1. The van der Waals surface area contributed by atoms with Gasteiger partial charge in [0, 0.05) is 62.8 Å². The van der Waals surface area contributed by atoms with Crippen molar-refractivity contribution in [2.24, 2.45) is 5.92 Å². The monoisotopic (exact) mass is 398 g/mol. The van der Waals surface area contributed by atoms with E-state index in [2.05, 4.69) is 40.3 Å². The average Bonchev–Trinajstić information content (AvgIpc) is 3.30. The maximum atomic E-state index is 12.5. The quantitative estimate of drug-likeness (QED) is 0.737. The van der Waals surface area contributed by atoms with Crippen molar-refractivity contribution in [3.63, 3.8) is 0 Å². The van der Waals surface area contributed by atoms with Crippen molar-refractivity contribution in [2.75, 3.05) is 52.5 Å². The van der Waals surface area contributed by atoms with Crippen LogP contribution in [-0.4, -0.2) is 79.1 Å². The van der Waals surface area contributed by atoms with E-state index in [1.165, 1.54) is 16.5 Å². The summed E-state index contributed by atoms with van der Waals surface area (Å²) >= 11 is 0. The summed E-state index contributed by atoms with van der Waals surface area (Å²) in [6.07, 6.45) is 3.14. The zero-order valence-electron chi connectivity index (χ0n) is 17.1. The molecule has 0 saturated carbocycles. The Balaban J connectivity index is 1.25. The van der Waals surface area contributed by atoms with E-state index in [1.54, 1.807) is 0 Å². The molecule has 1 aromatic heterocycles. The predicted octanol–water partition coefficient (Wildman–Crippen LogP) is 1.32. The maximum absolute atomic E-state index is 12.5. The molecule has 7 heteroatoms. The summed E-state index contributed by atoms with van der Waals surface area (Å²) < 4.78 is 5.34. The number of morpholine rings is 1. The number of carbonyl (C=O) groups is 2. The molecular formula is C22H30N4O3. The fraction of sp³-hybridized carbons (Fsp3) is 0.545. The first-order valence-electron chi connectivity index (χ1n) is 10.5. The van der Waals surface area contributed by atoms with Gasteiger partial charge in [0.15, 0.2) is 0 Å². The van der Waals surface area contributed by atoms with Gasteiger partial charge < -0.3 is 19.9 Å². The molecule has 2 aliphatic heterocycles. The van der Waals surface area contributed by atoms with E-state index in [4.69, 9.17) is 4.74 Å². The van der Waals surface area contributed by atoms with Gasteiger partial charge in [0.25, 0.3) is 0 Å². The third-order valence-electron chi connectivity index (χ3n) is 5.99. The van der Waals surface area contributed by atoms with Crippen LogP contribution < -0.4 is 5.32 Å². The van der Waals surface area contributed by atoms with E-state index >= 15 is 0 Å². The Morgan fingerprint density at radius 3 is 2.93 bits per heavy atom. The third kappa shape index (κ3) is 4.79. The zero-order valence-corrected chi connectivity index (χ0v) is 17.1. The number of likely N-dealkylation sites (tertiary alicyclic amines) is 1. The van der Waals surface area contributed by atoms with Crippen LogP contribution in [0.1, 0.15) is 17.5 Å². The van der Waals surface area contributed by atoms with Gasteiger partial charge in [-0.3, -0.25) is 14.5 Å². The fourth-order valence-corrected chi connectivity index (χ4v) is 4.22. The summed E-state index contributed by atoms with van der Waals surface area (Å²) in [7, 11) is 0. The number of aryl methyl sites for hydroxylation is 1. The molecule has 2 aromatic rings. The normalized spacial score (nSPS) is 20.5. The number of hydrogen-bond donors (Lipinski definition) is 2. The molecule has 2 saturated heterocycles. The second-order valence-electron chi connectivity index (χ2n) is 8.10. The lowest BCUT2D eigenvalue weighted by Crippen LogP contribution is -2.42. The van der Waals surface area contributed by atoms with Gasteiger partial charge in [-0.2, -0.15) is 0 Å². The van der Waals surface area contributed by atoms with Gasteiger partial charge >= 0.3 is 0 Å². The first-order valence-corrected chi connectivity index (χ1v) is 10.5. The number of hydrogen-bond acceptors (Lipinski definition) is 4. The highest BCUT2D eigenvalue weighted by atomic mass is 16.5. The van der Waals surface area contributed by atoms with E-state index in [0.29, 0.717) is 26.1 Å². The number of carbonyl (C=O) groups excluding carboxylic acids is 2. The molecule has 0 unspecified atom stereocenters.